The van der Waals surface area contributed by atoms with Crippen molar-refractivity contribution < 1.29 is 14.2 Å². The van der Waals surface area contributed by atoms with Gasteiger partial charge in [0.15, 0.2) is 22.9 Å². The molecule has 1 aliphatic rings. The Hall–Kier alpha value is -2.47. The molecule has 1 aromatic carbocycles. The number of aryl methyl sites for hydroxylation is 1. The first kappa shape index (κ1) is 13.2. The third-order valence-corrected chi connectivity index (χ3v) is 3.97. The fraction of sp³-hybridized carbons (Fsp3) is 0.133. The van der Waals surface area contributed by atoms with Crippen molar-refractivity contribution in [2.75, 3.05) is 0 Å². The van der Waals surface area contributed by atoms with Crippen LogP contribution in [0.1, 0.15) is 11.3 Å². The zero-order chi connectivity index (χ0) is 15.3. The minimum atomic E-state index is -0.387. The zero-order valence-corrected chi connectivity index (χ0v) is 12.1. The average molecular weight is 317 g/mol. The quantitative estimate of drug-likeness (QED) is 0.505. The van der Waals surface area contributed by atoms with Crippen LogP contribution in [0.4, 0.5) is 4.39 Å². The van der Waals surface area contributed by atoms with E-state index in [9.17, 15) is 9.50 Å². The first-order chi connectivity index (χ1) is 10.6. The Morgan fingerprint density at radius 3 is 2.86 bits per heavy atom. The molecule has 3 heterocycles. The van der Waals surface area contributed by atoms with Gasteiger partial charge in [0.05, 0.1) is 6.20 Å². The van der Waals surface area contributed by atoms with Gasteiger partial charge in [-0.05, 0) is 24.6 Å². The maximum Gasteiger partial charge on any atom is 0.194 e. The molecule has 0 radical (unpaired) electrons. The number of hydrogen-bond donors (Lipinski definition) is 0. The molecule has 0 spiro atoms. The van der Waals surface area contributed by atoms with E-state index in [-0.39, 0.29) is 11.7 Å². The Morgan fingerprint density at radius 1 is 1.23 bits per heavy atom. The van der Waals surface area contributed by atoms with Gasteiger partial charge in [0, 0.05) is 12.0 Å². The number of nitrogens with zero attached hydrogens (tertiary/aromatic N) is 4. The van der Waals surface area contributed by atoms with Gasteiger partial charge in [-0.15, -0.1) is 4.68 Å². The minimum absolute atomic E-state index is 0.266. The van der Waals surface area contributed by atoms with Crippen molar-refractivity contribution in [2.24, 2.45) is 0 Å². The number of rotatable bonds is 1. The summed E-state index contributed by atoms with van der Waals surface area (Å²) in [4.78, 5) is 3.95. The summed E-state index contributed by atoms with van der Waals surface area (Å²) in [5.74, 6) is -0.652. The summed E-state index contributed by atoms with van der Waals surface area (Å²) in [7, 11) is 0. The van der Waals surface area contributed by atoms with Crippen LogP contribution in [0.15, 0.2) is 36.5 Å². The second-order valence-electron chi connectivity index (χ2n) is 5.05. The van der Waals surface area contributed by atoms with Crippen molar-refractivity contribution in [3.8, 4) is 17.3 Å². The van der Waals surface area contributed by atoms with Gasteiger partial charge >= 0.3 is 0 Å². The lowest BCUT2D eigenvalue weighted by molar-refractivity contribution is -0.673. The van der Waals surface area contributed by atoms with E-state index in [2.05, 4.69) is 10.2 Å². The molecule has 4 rings (SSSR count). The fourth-order valence-corrected chi connectivity index (χ4v) is 2.82. The van der Waals surface area contributed by atoms with Crippen LogP contribution < -0.4 is 9.79 Å². The summed E-state index contributed by atoms with van der Waals surface area (Å²) in [6.07, 6.45) is 2.61. The molecule has 2 aromatic heterocycles. The smallest absolute Gasteiger partial charge is 0.194 e. The number of benzene rings is 1. The standard InChI is InChI=1S/C15H10ClFN4O/c16-13-7-5-10(8-18-13)20-15(22)12-6-4-9-2-1-3-11(17)14(9)21(12)19-20/h1-3,5,7-8H,4,6H2. The third kappa shape index (κ3) is 1.88. The van der Waals surface area contributed by atoms with E-state index in [0.717, 1.165) is 5.56 Å². The van der Waals surface area contributed by atoms with Crippen LogP contribution in [-0.2, 0) is 12.8 Å². The van der Waals surface area contributed by atoms with Crippen molar-refractivity contribution >= 4 is 11.6 Å². The molecule has 0 bridgehead atoms. The van der Waals surface area contributed by atoms with Gasteiger partial charge < -0.3 is 5.11 Å². The van der Waals surface area contributed by atoms with E-state index in [4.69, 9.17) is 11.6 Å². The summed E-state index contributed by atoms with van der Waals surface area (Å²) >= 11 is 5.75. The molecule has 1 aliphatic heterocycles. The van der Waals surface area contributed by atoms with Crippen LogP contribution in [0.25, 0.3) is 11.4 Å². The third-order valence-electron chi connectivity index (χ3n) is 3.74. The molecule has 22 heavy (non-hydrogen) atoms. The van der Waals surface area contributed by atoms with Crippen molar-refractivity contribution in [1.29, 1.82) is 0 Å². The van der Waals surface area contributed by atoms with E-state index in [1.807, 2.05) is 6.07 Å². The first-order valence-electron chi connectivity index (χ1n) is 6.76. The van der Waals surface area contributed by atoms with E-state index < -0.39 is 0 Å². The second-order valence-corrected chi connectivity index (χ2v) is 5.44. The summed E-state index contributed by atoms with van der Waals surface area (Å²) in [5.41, 5.74) is 2.15. The number of pyridine rings is 1. The van der Waals surface area contributed by atoms with Crippen LogP contribution in [-0.4, -0.2) is 14.9 Å². The molecule has 5 nitrogen and oxygen atoms in total. The molecular formula is C15H10ClFN4O. The lowest BCUT2D eigenvalue weighted by Crippen LogP contribution is -2.42. The van der Waals surface area contributed by atoms with Gasteiger partial charge in [0.2, 0.25) is 0 Å². The highest BCUT2D eigenvalue weighted by atomic mass is 35.5. The van der Waals surface area contributed by atoms with E-state index in [1.54, 1.807) is 18.2 Å². The number of aromatic nitrogens is 4. The monoisotopic (exact) mass is 316 g/mol. The van der Waals surface area contributed by atoms with E-state index >= 15 is 0 Å². The first-order valence-corrected chi connectivity index (χ1v) is 7.14. The number of fused-ring (bicyclic) bond motifs is 3. The molecule has 7 heteroatoms. The van der Waals surface area contributed by atoms with Crippen LogP contribution in [0.2, 0.25) is 5.15 Å². The number of para-hydroxylation sites is 1. The predicted molar refractivity (Wildman–Crippen MR) is 74.7 cm³/mol. The van der Waals surface area contributed by atoms with E-state index in [0.29, 0.717) is 35.1 Å². The SMILES string of the molecule is [O-]c1c2[n+](nn1-c1ccc(Cl)nc1)-c1c(F)cccc1CC2. The molecule has 0 amide bonds. The summed E-state index contributed by atoms with van der Waals surface area (Å²) in [6, 6.07) is 8.11. The number of halogens is 2. The summed E-state index contributed by atoms with van der Waals surface area (Å²) in [6.45, 7) is 0. The number of hydrogen-bond acceptors (Lipinski definition) is 3. The molecule has 3 aromatic rings. The largest absolute Gasteiger partial charge is 0.838 e. The molecule has 0 unspecified atom stereocenters. The van der Waals surface area contributed by atoms with Crippen LogP contribution in [0, 0.1) is 5.82 Å². The lowest BCUT2D eigenvalue weighted by atomic mass is 10.0. The summed E-state index contributed by atoms with van der Waals surface area (Å²) in [5, 5.41) is 17.1. The Balaban J connectivity index is 1.93. The lowest BCUT2D eigenvalue weighted by Gasteiger charge is -2.13. The molecule has 0 fully saturated rings. The highest BCUT2D eigenvalue weighted by Crippen LogP contribution is 2.25. The minimum Gasteiger partial charge on any atom is -0.838 e. The zero-order valence-electron chi connectivity index (χ0n) is 11.3. The van der Waals surface area contributed by atoms with Crippen molar-refractivity contribution in [3.05, 3.63) is 58.8 Å². The Labute approximate surface area is 130 Å². The Morgan fingerprint density at radius 2 is 2.09 bits per heavy atom. The van der Waals surface area contributed by atoms with Gasteiger partial charge in [-0.3, -0.25) is 0 Å². The van der Waals surface area contributed by atoms with Gasteiger partial charge in [0.1, 0.15) is 16.2 Å². The summed E-state index contributed by atoms with van der Waals surface area (Å²) < 4.78 is 16.8. The molecule has 0 saturated heterocycles. The molecule has 0 aliphatic carbocycles. The molecular weight excluding hydrogens is 307 g/mol. The van der Waals surface area contributed by atoms with Crippen molar-refractivity contribution in [3.63, 3.8) is 0 Å². The van der Waals surface area contributed by atoms with Crippen LogP contribution in [0.3, 0.4) is 0 Å². The van der Waals surface area contributed by atoms with Crippen molar-refractivity contribution in [2.45, 2.75) is 12.8 Å². The maximum absolute atomic E-state index is 14.1. The van der Waals surface area contributed by atoms with Gasteiger partial charge in [-0.1, -0.05) is 28.4 Å². The average Bonchev–Trinajstić information content (AvgIpc) is 2.85. The maximum atomic E-state index is 14.1. The highest BCUT2D eigenvalue weighted by Gasteiger charge is 2.30. The van der Waals surface area contributed by atoms with Crippen LogP contribution >= 0.6 is 11.6 Å². The van der Waals surface area contributed by atoms with Crippen LogP contribution in [0.5, 0.6) is 5.88 Å². The van der Waals surface area contributed by atoms with Gasteiger partial charge in [-0.2, -0.15) is 0 Å². The molecule has 110 valence electrons. The predicted octanol–water partition coefficient (Wildman–Crippen LogP) is 1.51. The topological polar surface area (TPSA) is 57.6 Å². The van der Waals surface area contributed by atoms with Crippen molar-refractivity contribution in [1.82, 2.24) is 14.9 Å². The van der Waals surface area contributed by atoms with Gasteiger partial charge in [-0.25, -0.2) is 9.37 Å². The Bertz CT molecular complexity index is 876. The normalized spacial score (nSPS) is 12.8. The Kier molecular flexibility index (Phi) is 2.87. The van der Waals surface area contributed by atoms with Gasteiger partial charge in [0.25, 0.3) is 0 Å². The fourth-order valence-electron chi connectivity index (χ4n) is 2.70. The van der Waals surface area contributed by atoms with E-state index in [1.165, 1.54) is 21.6 Å². The second kappa shape index (κ2) is 4.78. The molecule has 0 N–H and O–H groups in total. The highest BCUT2D eigenvalue weighted by molar-refractivity contribution is 6.29. The molecule has 0 saturated carbocycles. The molecule has 0 atom stereocenters.